The third-order valence-electron chi connectivity index (χ3n) is 1.84. The van der Waals surface area contributed by atoms with Crippen molar-refractivity contribution < 1.29 is 4.79 Å². The van der Waals surface area contributed by atoms with Crippen LogP contribution in [0.2, 0.25) is 0 Å². The molecule has 1 heterocycles. The number of carbonyl (C=O) groups excluding carboxylic acids is 1. The van der Waals surface area contributed by atoms with E-state index in [0.717, 1.165) is 18.8 Å². The maximum absolute atomic E-state index is 10.7. The molecule has 1 amide bonds. The molecule has 0 aliphatic carbocycles. The number of imidazole rings is 1. The summed E-state index contributed by atoms with van der Waals surface area (Å²) < 4.78 is 1.75. The molecule has 1 rings (SSSR count). The minimum Gasteiger partial charge on any atom is -0.368 e. The van der Waals surface area contributed by atoms with E-state index in [-0.39, 0.29) is 12.5 Å². The van der Waals surface area contributed by atoms with Crippen LogP contribution in [0.1, 0.15) is 19.2 Å². The first-order valence-corrected chi connectivity index (χ1v) is 4.73. The summed E-state index contributed by atoms with van der Waals surface area (Å²) in [4.78, 5) is 14.8. The summed E-state index contributed by atoms with van der Waals surface area (Å²) in [5, 5.41) is 3.22. The number of aromatic nitrogens is 2. The van der Waals surface area contributed by atoms with Gasteiger partial charge in [0.1, 0.15) is 12.4 Å². The lowest BCUT2D eigenvalue weighted by atomic mass is 10.4. The monoisotopic (exact) mass is 196 g/mol. The van der Waals surface area contributed by atoms with Gasteiger partial charge in [0.05, 0.1) is 6.54 Å². The molecular formula is C9H16N4O. The lowest BCUT2D eigenvalue weighted by Gasteiger charge is -2.05. The van der Waals surface area contributed by atoms with Crippen LogP contribution in [0.15, 0.2) is 12.4 Å². The van der Waals surface area contributed by atoms with Crippen LogP contribution < -0.4 is 11.1 Å². The Labute approximate surface area is 83.3 Å². The van der Waals surface area contributed by atoms with E-state index in [1.54, 1.807) is 17.0 Å². The minimum atomic E-state index is -0.347. The molecule has 0 radical (unpaired) electrons. The Morgan fingerprint density at radius 2 is 2.50 bits per heavy atom. The minimum absolute atomic E-state index is 0.198. The first kappa shape index (κ1) is 10.7. The summed E-state index contributed by atoms with van der Waals surface area (Å²) in [5.74, 6) is 0.497. The van der Waals surface area contributed by atoms with E-state index in [1.807, 2.05) is 0 Å². The van der Waals surface area contributed by atoms with Crippen molar-refractivity contribution >= 4 is 5.91 Å². The number of hydrogen-bond acceptors (Lipinski definition) is 3. The fraction of sp³-hybridized carbons (Fsp3) is 0.556. The van der Waals surface area contributed by atoms with Crippen molar-refractivity contribution in [2.75, 3.05) is 6.54 Å². The van der Waals surface area contributed by atoms with Gasteiger partial charge in [-0.15, -0.1) is 0 Å². The quantitative estimate of drug-likeness (QED) is 0.622. The van der Waals surface area contributed by atoms with Crippen LogP contribution in [0.25, 0.3) is 0 Å². The number of primary amides is 1. The maximum Gasteiger partial charge on any atom is 0.237 e. The topological polar surface area (TPSA) is 72.9 Å². The van der Waals surface area contributed by atoms with Gasteiger partial charge in [-0.2, -0.15) is 0 Å². The van der Waals surface area contributed by atoms with Crippen molar-refractivity contribution in [1.29, 1.82) is 0 Å². The molecule has 0 aromatic carbocycles. The van der Waals surface area contributed by atoms with Gasteiger partial charge < -0.3 is 15.6 Å². The average molecular weight is 196 g/mol. The molecule has 14 heavy (non-hydrogen) atoms. The van der Waals surface area contributed by atoms with E-state index in [2.05, 4.69) is 17.2 Å². The molecular weight excluding hydrogens is 180 g/mol. The van der Waals surface area contributed by atoms with E-state index in [4.69, 9.17) is 5.73 Å². The molecule has 0 saturated heterocycles. The van der Waals surface area contributed by atoms with Crippen molar-refractivity contribution in [3.63, 3.8) is 0 Å². The predicted octanol–water partition coefficient (Wildman–Crippen LogP) is -0.132. The Balaban J connectivity index is 2.49. The lowest BCUT2D eigenvalue weighted by molar-refractivity contribution is -0.118. The van der Waals surface area contributed by atoms with Gasteiger partial charge in [-0.3, -0.25) is 4.79 Å². The van der Waals surface area contributed by atoms with Gasteiger partial charge >= 0.3 is 0 Å². The fourth-order valence-electron chi connectivity index (χ4n) is 1.20. The Morgan fingerprint density at radius 3 is 3.14 bits per heavy atom. The maximum atomic E-state index is 10.7. The average Bonchev–Trinajstić information content (AvgIpc) is 2.52. The van der Waals surface area contributed by atoms with Gasteiger partial charge in [-0.1, -0.05) is 6.92 Å². The lowest BCUT2D eigenvalue weighted by Crippen LogP contribution is -2.22. The second kappa shape index (κ2) is 5.39. The summed E-state index contributed by atoms with van der Waals surface area (Å²) in [6.45, 7) is 3.92. The summed E-state index contributed by atoms with van der Waals surface area (Å²) in [6, 6.07) is 0. The number of carbonyl (C=O) groups is 1. The molecule has 0 aliphatic heterocycles. The van der Waals surface area contributed by atoms with Gasteiger partial charge in [0, 0.05) is 12.4 Å². The zero-order chi connectivity index (χ0) is 10.4. The third-order valence-corrected chi connectivity index (χ3v) is 1.84. The largest absolute Gasteiger partial charge is 0.368 e. The molecule has 0 aliphatic rings. The van der Waals surface area contributed by atoms with Crippen LogP contribution in [0.4, 0.5) is 0 Å². The first-order valence-electron chi connectivity index (χ1n) is 4.73. The van der Waals surface area contributed by atoms with Crippen LogP contribution in [-0.2, 0) is 17.9 Å². The summed E-state index contributed by atoms with van der Waals surface area (Å²) in [6.07, 6.45) is 4.51. The normalized spacial score (nSPS) is 10.4. The molecule has 1 aromatic heterocycles. The molecule has 0 unspecified atom stereocenters. The number of nitrogens with two attached hydrogens (primary N) is 1. The molecule has 78 valence electrons. The van der Waals surface area contributed by atoms with Crippen LogP contribution in [-0.4, -0.2) is 22.0 Å². The zero-order valence-corrected chi connectivity index (χ0v) is 8.36. The van der Waals surface area contributed by atoms with Crippen LogP contribution in [0.5, 0.6) is 0 Å². The molecule has 3 N–H and O–H groups in total. The van der Waals surface area contributed by atoms with Crippen molar-refractivity contribution in [1.82, 2.24) is 14.9 Å². The van der Waals surface area contributed by atoms with Crippen LogP contribution in [0.3, 0.4) is 0 Å². The van der Waals surface area contributed by atoms with Crippen molar-refractivity contribution in [2.45, 2.75) is 26.4 Å². The number of hydrogen-bond donors (Lipinski definition) is 2. The van der Waals surface area contributed by atoms with Gasteiger partial charge in [-0.25, -0.2) is 4.98 Å². The second-order valence-corrected chi connectivity index (χ2v) is 3.11. The van der Waals surface area contributed by atoms with Crippen molar-refractivity contribution in [2.24, 2.45) is 5.73 Å². The standard InChI is InChI=1S/C9H16N4O/c1-2-3-11-6-9-12-4-5-13(9)7-8(10)14/h4-5,11H,2-3,6-7H2,1H3,(H2,10,14). The molecule has 0 spiro atoms. The molecule has 5 nitrogen and oxygen atoms in total. The fourth-order valence-corrected chi connectivity index (χ4v) is 1.20. The first-order chi connectivity index (χ1) is 6.74. The Kier molecular flexibility index (Phi) is 4.12. The smallest absolute Gasteiger partial charge is 0.237 e. The van der Waals surface area contributed by atoms with Crippen LogP contribution in [0, 0.1) is 0 Å². The van der Waals surface area contributed by atoms with E-state index in [1.165, 1.54) is 0 Å². The van der Waals surface area contributed by atoms with E-state index in [9.17, 15) is 4.79 Å². The number of rotatable bonds is 6. The molecule has 0 saturated carbocycles. The second-order valence-electron chi connectivity index (χ2n) is 3.11. The van der Waals surface area contributed by atoms with Gasteiger partial charge in [0.15, 0.2) is 0 Å². The van der Waals surface area contributed by atoms with Crippen molar-refractivity contribution in [3.05, 3.63) is 18.2 Å². The Hall–Kier alpha value is -1.36. The molecule has 5 heteroatoms. The highest BCUT2D eigenvalue weighted by Crippen LogP contribution is 1.96. The summed E-state index contributed by atoms with van der Waals surface area (Å²) in [5.41, 5.74) is 5.10. The van der Waals surface area contributed by atoms with E-state index in [0.29, 0.717) is 6.54 Å². The van der Waals surface area contributed by atoms with E-state index < -0.39 is 0 Å². The number of nitrogens with one attached hydrogen (secondary N) is 1. The number of nitrogens with zero attached hydrogens (tertiary/aromatic N) is 2. The highest BCUT2D eigenvalue weighted by Gasteiger charge is 2.03. The van der Waals surface area contributed by atoms with E-state index >= 15 is 0 Å². The van der Waals surface area contributed by atoms with Gasteiger partial charge in [0.25, 0.3) is 0 Å². The van der Waals surface area contributed by atoms with Gasteiger partial charge in [0.2, 0.25) is 5.91 Å². The van der Waals surface area contributed by atoms with Crippen LogP contribution >= 0.6 is 0 Å². The van der Waals surface area contributed by atoms with Crippen molar-refractivity contribution in [3.8, 4) is 0 Å². The zero-order valence-electron chi connectivity index (χ0n) is 8.36. The summed E-state index contributed by atoms with van der Waals surface area (Å²) in [7, 11) is 0. The Bertz CT molecular complexity index is 295. The SMILES string of the molecule is CCCNCc1nccn1CC(N)=O. The Morgan fingerprint density at radius 1 is 1.71 bits per heavy atom. The highest BCUT2D eigenvalue weighted by molar-refractivity contribution is 5.73. The highest BCUT2D eigenvalue weighted by atomic mass is 16.1. The molecule has 0 atom stereocenters. The molecule has 1 aromatic rings. The third kappa shape index (κ3) is 3.18. The van der Waals surface area contributed by atoms with Gasteiger partial charge in [-0.05, 0) is 13.0 Å². The summed E-state index contributed by atoms with van der Waals surface area (Å²) >= 11 is 0. The molecule has 0 bridgehead atoms. The predicted molar refractivity (Wildman–Crippen MR) is 53.4 cm³/mol. The molecule has 0 fully saturated rings. The number of amides is 1.